The van der Waals surface area contributed by atoms with Gasteiger partial charge in [0, 0.05) is 24.2 Å². The first kappa shape index (κ1) is 16.4. The summed E-state index contributed by atoms with van der Waals surface area (Å²) in [5.74, 6) is -0.119. The van der Waals surface area contributed by atoms with E-state index in [9.17, 15) is 4.39 Å². The van der Waals surface area contributed by atoms with Crippen LogP contribution in [0, 0.1) is 5.82 Å². The van der Waals surface area contributed by atoms with Crippen LogP contribution in [0.1, 0.15) is 31.4 Å². The van der Waals surface area contributed by atoms with E-state index in [2.05, 4.69) is 29.1 Å². The van der Waals surface area contributed by atoms with Crippen LogP contribution in [-0.4, -0.2) is 56.1 Å². The number of nitrogens with one attached hydrogen (secondary N) is 1. The van der Waals surface area contributed by atoms with Crippen molar-refractivity contribution in [2.24, 2.45) is 0 Å². The van der Waals surface area contributed by atoms with E-state index in [-0.39, 0.29) is 11.9 Å². The number of likely N-dealkylation sites (tertiary alicyclic amines) is 1. The molecule has 0 saturated carbocycles. The molecule has 118 valence electrons. The second kappa shape index (κ2) is 7.87. The summed E-state index contributed by atoms with van der Waals surface area (Å²) in [6.07, 6.45) is 2.41. The number of halogens is 1. The van der Waals surface area contributed by atoms with Gasteiger partial charge in [-0.3, -0.25) is 0 Å². The molecular formula is C17H28FN3. The molecule has 1 saturated heterocycles. The third kappa shape index (κ3) is 4.25. The summed E-state index contributed by atoms with van der Waals surface area (Å²) >= 11 is 0. The molecule has 0 spiro atoms. The molecule has 2 rings (SSSR count). The Morgan fingerprint density at radius 3 is 2.57 bits per heavy atom. The van der Waals surface area contributed by atoms with Crippen LogP contribution in [0.25, 0.3) is 0 Å². The molecule has 1 aromatic carbocycles. The molecule has 1 aliphatic rings. The molecule has 0 aliphatic carbocycles. The highest BCUT2D eigenvalue weighted by Gasteiger charge is 2.24. The molecule has 1 heterocycles. The van der Waals surface area contributed by atoms with Crippen LogP contribution in [-0.2, 0) is 0 Å². The molecule has 1 N–H and O–H groups in total. The van der Waals surface area contributed by atoms with Gasteiger partial charge in [0.1, 0.15) is 5.82 Å². The van der Waals surface area contributed by atoms with Gasteiger partial charge < -0.3 is 15.1 Å². The fourth-order valence-electron chi connectivity index (χ4n) is 3.22. The zero-order chi connectivity index (χ0) is 15.2. The van der Waals surface area contributed by atoms with Crippen molar-refractivity contribution in [2.45, 2.75) is 31.8 Å². The molecule has 1 atom stereocenters. The van der Waals surface area contributed by atoms with Crippen molar-refractivity contribution in [3.05, 3.63) is 35.6 Å². The van der Waals surface area contributed by atoms with Crippen molar-refractivity contribution >= 4 is 0 Å². The summed E-state index contributed by atoms with van der Waals surface area (Å²) in [4.78, 5) is 4.89. The molecule has 0 bridgehead atoms. The van der Waals surface area contributed by atoms with E-state index in [4.69, 9.17) is 0 Å². The highest BCUT2D eigenvalue weighted by atomic mass is 19.1. The number of nitrogens with zero attached hydrogens (tertiary/aromatic N) is 2. The van der Waals surface area contributed by atoms with Crippen LogP contribution in [0.5, 0.6) is 0 Å². The smallest absolute Gasteiger partial charge is 0.128 e. The summed E-state index contributed by atoms with van der Waals surface area (Å²) in [7, 11) is 4.07. The highest BCUT2D eigenvalue weighted by Crippen LogP contribution is 2.21. The lowest BCUT2D eigenvalue weighted by molar-refractivity contribution is 0.123. The Kier molecular flexibility index (Phi) is 6.15. The lowest BCUT2D eigenvalue weighted by Gasteiger charge is -2.37. The Morgan fingerprint density at radius 1 is 1.33 bits per heavy atom. The summed E-state index contributed by atoms with van der Waals surface area (Å²) in [6.45, 7) is 6.56. The fraction of sp³-hybridized carbons (Fsp3) is 0.647. The van der Waals surface area contributed by atoms with Gasteiger partial charge in [-0.15, -0.1) is 0 Å². The zero-order valence-corrected chi connectivity index (χ0v) is 13.5. The first-order valence-corrected chi connectivity index (χ1v) is 8.00. The van der Waals surface area contributed by atoms with E-state index >= 15 is 0 Å². The Balaban J connectivity index is 1.94. The molecule has 0 amide bonds. The van der Waals surface area contributed by atoms with Crippen molar-refractivity contribution < 1.29 is 4.39 Å². The van der Waals surface area contributed by atoms with Crippen molar-refractivity contribution in [3.63, 3.8) is 0 Å². The van der Waals surface area contributed by atoms with Crippen LogP contribution in [0.4, 0.5) is 4.39 Å². The van der Waals surface area contributed by atoms with E-state index < -0.39 is 0 Å². The lowest BCUT2D eigenvalue weighted by Crippen LogP contribution is -2.45. The van der Waals surface area contributed by atoms with Crippen LogP contribution in [0.15, 0.2) is 24.3 Å². The average Bonchev–Trinajstić information content (AvgIpc) is 2.53. The zero-order valence-electron chi connectivity index (χ0n) is 13.5. The SMILES string of the molecule is CCN1CCC(N(C)CC(NC)c2ccccc2F)CC1. The lowest BCUT2D eigenvalue weighted by atomic mass is 10.0. The number of likely N-dealkylation sites (N-methyl/N-ethyl adjacent to an activating group) is 2. The van der Waals surface area contributed by atoms with Gasteiger partial charge in [-0.05, 0) is 52.6 Å². The van der Waals surface area contributed by atoms with E-state index in [1.807, 2.05) is 19.2 Å². The number of rotatable bonds is 6. The molecule has 1 aliphatic heterocycles. The average molecular weight is 293 g/mol. The standard InChI is InChI=1S/C17H28FN3/c1-4-21-11-9-14(10-12-21)20(3)13-17(19-2)15-7-5-6-8-16(15)18/h5-8,14,17,19H,4,9-13H2,1-3H3. The van der Waals surface area contributed by atoms with Crippen LogP contribution < -0.4 is 5.32 Å². The summed E-state index contributed by atoms with van der Waals surface area (Å²) in [5.41, 5.74) is 0.762. The predicted octanol–water partition coefficient (Wildman–Crippen LogP) is 2.50. The first-order chi connectivity index (χ1) is 10.2. The van der Waals surface area contributed by atoms with Crippen molar-refractivity contribution in [2.75, 3.05) is 40.3 Å². The summed E-state index contributed by atoms with van der Waals surface area (Å²) in [5, 5.41) is 3.26. The van der Waals surface area contributed by atoms with E-state index in [1.54, 1.807) is 12.1 Å². The quantitative estimate of drug-likeness (QED) is 0.869. The maximum atomic E-state index is 14.0. The van der Waals surface area contributed by atoms with Crippen LogP contribution >= 0.6 is 0 Å². The van der Waals surface area contributed by atoms with Gasteiger partial charge in [0.15, 0.2) is 0 Å². The van der Waals surface area contributed by atoms with E-state index in [0.29, 0.717) is 6.04 Å². The van der Waals surface area contributed by atoms with Crippen LogP contribution in [0.3, 0.4) is 0 Å². The number of hydrogen-bond acceptors (Lipinski definition) is 3. The van der Waals surface area contributed by atoms with E-state index in [1.165, 1.54) is 25.9 Å². The van der Waals surface area contributed by atoms with Gasteiger partial charge in [-0.25, -0.2) is 4.39 Å². The second-order valence-corrected chi connectivity index (χ2v) is 5.97. The monoisotopic (exact) mass is 293 g/mol. The summed E-state index contributed by atoms with van der Waals surface area (Å²) in [6, 6.07) is 7.72. The minimum Gasteiger partial charge on any atom is -0.312 e. The highest BCUT2D eigenvalue weighted by molar-refractivity contribution is 5.21. The normalized spacial score (nSPS) is 19.1. The Labute approximate surface area is 128 Å². The number of benzene rings is 1. The molecule has 0 radical (unpaired) electrons. The molecule has 4 heteroatoms. The molecule has 3 nitrogen and oxygen atoms in total. The topological polar surface area (TPSA) is 18.5 Å². The third-order valence-corrected chi connectivity index (χ3v) is 4.73. The van der Waals surface area contributed by atoms with Crippen molar-refractivity contribution in [1.29, 1.82) is 0 Å². The molecule has 1 aromatic rings. The molecular weight excluding hydrogens is 265 g/mol. The minimum absolute atomic E-state index is 0.0420. The van der Waals surface area contributed by atoms with Gasteiger partial charge in [0.25, 0.3) is 0 Å². The Bertz CT molecular complexity index is 430. The van der Waals surface area contributed by atoms with Gasteiger partial charge >= 0.3 is 0 Å². The minimum atomic E-state index is -0.119. The second-order valence-electron chi connectivity index (χ2n) is 5.97. The van der Waals surface area contributed by atoms with Crippen LogP contribution in [0.2, 0.25) is 0 Å². The molecule has 1 fully saturated rings. The van der Waals surface area contributed by atoms with Crippen molar-refractivity contribution in [1.82, 2.24) is 15.1 Å². The summed E-state index contributed by atoms with van der Waals surface area (Å²) < 4.78 is 14.0. The van der Waals surface area contributed by atoms with Gasteiger partial charge in [-0.2, -0.15) is 0 Å². The van der Waals surface area contributed by atoms with Gasteiger partial charge in [0.05, 0.1) is 0 Å². The maximum Gasteiger partial charge on any atom is 0.128 e. The number of hydrogen-bond donors (Lipinski definition) is 1. The van der Waals surface area contributed by atoms with Gasteiger partial charge in [-0.1, -0.05) is 25.1 Å². The molecule has 0 aromatic heterocycles. The fourth-order valence-corrected chi connectivity index (χ4v) is 3.22. The predicted molar refractivity (Wildman–Crippen MR) is 86.0 cm³/mol. The first-order valence-electron chi connectivity index (χ1n) is 8.00. The Hall–Kier alpha value is -0.970. The third-order valence-electron chi connectivity index (χ3n) is 4.73. The molecule has 21 heavy (non-hydrogen) atoms. The molecule has 1 unspecified atom stereocenters. The Morgan fingerprint density at radius 2 is 2.00 bits per heavy atom. The van der Waals surface area contributed by atoms with Gasteiger partial charge in [0.2, 0.25) is 0 Å². The number of piperidine rings is 1. The largest absolute Gasteiger partial charge is 0.312 e. The maximum absolute atomic E-state index is 14.0. The van der Waals surface area contributed by atoms with Crippen molar-refractivity contribution in [3.8, 4) is 0 Å². The van der Waals surface area contributed by atoms with E-state index in [0.717, 1.165) is 18.7 Å².